The van der Waals surface area contributed by atoms with E-state index in [4.69, 9.17) is 0 Å². The molecule has 1 atom stereocenters. The molecule has 2 heterocycles. The van der Waals surface area contributed by atoms with Gasteiger partial charge in [0.15, 0.2) is 0 Å². The lowest BCUT2D eigenvalue weighted by molar-refractivity contribution is -0.126. The first-order valence-electron chi connectivity index (χ1n) is 9.43. The van der Waals surface area contributed by atoms with Crippen LogP contribution in [-0.2, 0) is 11.3 Å². The van der Waals surface area contributed by atoms with Crippen molar-refractivity contribution in [3.63, 3.8) is 0 Å². The lowest BCUT2D eigenvalue weighted by atomic mass is 9.95. The highest BCUT2D eigenvalue weighted by Gasteiger charge is 2.29. The Morgan fingerprint density at radius 1 is 1.29 bits per heavy atom. The number of piperidine rings is 1. The predicted molar refractivity (Wildman–Crippen MR) is 99.4 cm³/mol. The Hall–Kier alpha value is -2.77. The maximum absolute atomic E-state index is 13.8. The van der Waals surface area contributed by atoms with Crippen molar-refractivity contribution in [1.82, 2.24) is 20.0 Å². The summed E-state index contributed by atoms with van der Waals surface area (Å²) in [4.78, 5) is 26.3. The van der Waals surface area contributed by atoms with Crippen LogP contribution in [0.2, 0.25) is 0 Å². The third-order valence-corrected chi connectivity index (χ3v) is 5.00. The van der Waals surface area contributed by atoms with Gasteiger partial charge in [-0.15, -0.1) is 0 Å². The zero-order valence-electron chi connectivity index (χ0n) is 15.8. The SMILES string of the molecule is CC(CNC(=O)C1CCN(C(=O)c2ccc(F)cc2F)CC1)Cn1cccn1. The van der Waals surface area contributed by atoms with Gasteiger partial charge in [-0.3, -0.25) is 14.3 Å². The highest BCUT2D eigenvalue weighted by atomic mass is 19.1. The smallest absolute Gasteiger partial charge is 0.256 e. The number of halogens is 2. The Kier molecular flexibility index (Phi) is 6.38. The molecule has 1 aliphatic rings. The van der Waals surface area contributed by atoms with Crippen LogP contribution in [0.5, 0.6) is 0 Å². The van der Waals surface area contributed by atoms with Crippen LogP contribution in [-0.4, -0.2) is 46.1 Å². The van der Waals surface area contributed by atoms with Gasteiger partial charge in [0.2, 0.25) is 5.91 Å². The lowest BCUT2D eigenvalue weighted by Crippen LogP contribution is -2.44. The molecule has 1 aromatic heterocycles. The number of amides is 2. The molecule has 6 nitrogen and oxygen atoms in total. The van der Waals surface area contributed by atoms with Crippen LogP contribution in [0.4, 0.5) is 8.78 Å². The van der Waals surface area contributed by atoms with Gasteiger partial charge < -0.3 is 10.2 Å². The van der Waals surface area contributed by atoms with Crippen molar-refractivity contribution in [3.8, 4) is 0 Å². The zero-order chi connectivity index (χ0) is 20.1. The third-order valence-electron chi connectivity index (χ3n) is 5.00. The van der Waals surface area contributed by atoms with Crippen molar-refractivity contribution in [1.29, 1.82) is 0 Å². The van der Waals surface area contributed by atoms with Crippen LogP contribution in [0.25, 0.3) is 0 Å². The van der Waals surface area contributed by atoms with Gasteiger partial charge in [-0.25, -0.2) is 8.78 Å². The van der Waals surface area contributed by atoms with Crippen LogP contribution in [0.3, 0.4) is 0 Å². The second-order valence-corrected chi connectivity index (χ2v) is 7.27. The second kappa shape index (κ2) is 8.95. The minimum atomic E-state index is -0.865. The quantitative estimate of drug-likeness (QED) is 0.824. The Morgan fingerprint density at radius 3 is 2.68 bits per heavy atom. The van der Waals surface area contributed by atoms with Crippen molar-refractivity contribution < 1.29 is 18.4 Å². The van der Waals surface area contributed by atoms with Gasteiger partial charge in [0, 0.05) is 50.6 Å². The number of nitrogens with zero attached hydrogens (tertiary/aromatic N) is 3. The Bertz CT molecular complexity index is 818. The number of likely N-dealkylation sites (tertiary alicyclic amines) is 1. The fourth-order valence-corrected chi connectivity index (χ4v) is 3.39. The van der Waals surface area contributed by atoms with Crippen molar-refractivity contribution in [2.45, 2.75) is 26.3 Å². The van der Waals surface area contributed by atoms with E-state index in [2.05, 4.69) is 10.4 Å². The highest BCUT2D eigenvalue weighted by Crippen LogP contribution is 2.21. The third kappa shape index (κ3) is 4.94. The summed E-state index contributed by atoms with van der Waals surface area (Å²) in [6.07, 6.45) is 4.65. The standard InChI is InChI=1S/C20H24F2N4O2/c1-14(13-26-8-2-7-24-26)12-23-19(27)15-5-9-25(10-6-15)20(28)17-4-3-16(21)11-18(17)22/h2-4,7-8,11,14-15H,5-6,9-10,12-13H2,1H3,(H,23,27). The van der Waals surface area contributed by atoms with E-state index in [1.807, 2.05) is 23.9 Å². The average Bonchev–Trinajstić information content (AvgIpc) is 3.19. The molecule has 1 unspecified atom stereocenters. The molecule has 0 bridgehead atoms. The van der Waals surface area contributed by atoms with E-state index in [1.54, 1.807) is 6.20 Å². The van der Waals surface area contributed by atoms with Crippen LogP contribution in [0.1, 0.15) is 30.1 Å². The van der Waals surface area contributed by atoms with E-state index < -0.39 is 17.5 Å². The molecule has 2 aromatic rings. The van der Waals surface area contributed by atoms with E-state index in [-0.39, 0.29) is 23.3 Å². The second-order valence-electron chi connectivity index (χ2n) is 7.27. The normalized spacial score (nSPS) is 16.0. The zero-order valence-corrected chi connectivity index (χ0v) is 15.8. The van der Waals surface area contributed by atoms with Gasteiger partial charge >= 0.3 is 0 Å². The summed E-state index contributed by atoms with van der Waals surface area (Å²) < 4.78 is 28.7. The molecule has 0 radical (unpaired) electrons. The fraction of sp³-hybridized carbons (Fsp3) is 0.450. The molecule has 1 aliphatic heterocycles. The number of carbonyl (C=O) groups excluding carboxylic acids is 2. The molecule has 1 aromatic carbocycles. The van der Waals surface area contributed by atoms with E-state index in [0.29, 0.717) is 38.5 Å². The number of hydrogen-bond acceptors (Lipinski definition) is 3. The summed E-state index contributed by atoms with van der Waals surface area (Å²) in [5, 5.41) is 7.12. The van der Waals surface area contributed by atoms with Crippen LogP contribution >= 0.6 is 0 Å². The summed E-state index contributed by atoms with van der Waals surface area (Å²) in [5.74, 6) is -2.00. The summed E-state index contributed by atoms with van der Waals surface area (Å²) >= 11 is 0. The predicted octanol–water partition coefficient (Wildman–Crippen LogP) is 2.47. The first-order chi connectivity index (χ1) is 13.4. The van der Waals surface area contributed by atoms with E-state index in [0.717, 1.165) is 18.7 Å². The molecule has 2 amide bonds. The molecule has 0 aliphatic carbocycles. The molecule has 150 valence electrons. The summed E-state index contributed by atoms with van der Waals surface area (Å²) in [7, 11) is 0. The molecule has 1 saturated heterocycles. The van der Waals surface area contributed by atoms with E-state index in [9.17, 15) is 18.4 Å². The molecular formula is C20H24F2N4O2. The Morgan fingerprint density at radius 2 is 2.04 bits per heavy atom. The van der Waals surface area contributed by atoms with Crippen LogP contribution in [0, 0.1) is 23.5 Å². The van der Waals surface area contributed by atoms with Gasteiger partial charge in [-0.2, -0.15) is 5.10 Å². The number of benzene rings is 1. The molecule has 0 spiro atoms. The summed E-state index contributed by atoms with van der Waals surface area (Å²) in [6.45, 7) is 4.07. The number of hydrogen-bond donors (Lipinski definition) is 1. The maximum Gasteiger partial charge on any atom is 0.256 e. The van der Waals surface area contributed by atoms with Gasteiger partial charge in [-0.1, -0.05) is 6.92 Å². The molecule has 0 saturated carbocycles. The van der Waals surface area contributed by atoms with Gasteiger partial charge in [0.1, 0.15) is 11.6 Å². The van der Waals surface area contributed by atoms with Crippen LogP contribution in [0.15, 0.2) is 36.7 Å². The number of rotatable bonds is 6. The van der Waals surface area contributed by atoms with Crippen molar-refractivity contribution in [2.24, 2.45) is 11.8 Å². The van der Waals surface area contributed by atoms with Gasteiger partial charge in [-0.05, 0) is 37.0 Å². The fourth-order valence-electron chi connectivity index (χ4n) is 3.39. The molecule has 1 N–H and O–H groups in total. The Balaban J connectivity index is 1.45. The first-order valence-corrected chi connectivity index (χ1v) is 9.43. The molecule has 3 rings (SSSR count). The van der Waals surface area contributed by atoms with Crippen LogP contribution < -0.4 is 5.32 Å². The maximum atomic E-state index is 13.8. The number of carbonyl (C=O) groups is 2. The topological polar surface area (TPSA) is 67.2 Å². The molecular weight excluding hydrogens is 366 g/mol. The van der Waals surface area contributed by atoms with Gasteiger partial charge in [0.05, 0.1) is 5.56 Å². The molecule has 1 fully saturated rings. The minimum absolute atomic E-state index is 0.0209. The number of nitrogens with one attached hydrogen (secondary N) is 1. The Labute approximate surface area is 162 Å². The van der Waals surface area contributed by atoms with E-state index in [1.165, 1.54) is 4.90 Å². The molecule has 8 heteroatoms. The van der Waals surface area contributed by atoms with Gasteiger partial charge in [0.25, 0.3) is 5.91 Å². The van der Waals surface area contributed by atoms with E-state index >= 15 is 0 Å². The lowest BCUT2D eigenvalue weighted by Gasteiger charge is -2.31. The highest BCUT2D eigenvalue weighted by molar-refractivity contribution is 5.94. The van der Waals surface area contributed by atoms with Crippen molar-refractivity contribution >= 4 is 11.8 Å². The molecule has 28 heavy (non-hydrogen) atoms. The summed E-state index contributed by atoms with van der Waals surface area (Å²) in [6, 6.07) is 4.80. The van der Waals surface area contributed by atoms with Crippen molar-refractivity contribution in [2.75, 3.05) is 19.6 Å². The monoisotopic (exact) mass is 390 g/mol. The minimum Gasteiger partial charge on any atom is -0.356 e. The summed E-state index contributed by atoms with van der Waals surface area (Å²) in [5.41, 5.74) is -0.142. The largest absolute Gasteiger partial charge is 0.356 e. The number of aromatic nitrogens is 2. The van der Waals surface area contributed by atoms with Crippen molar-refractivity contribution in [3.05, 3.63) is 53.9 Å². The first kappa shape index (κ1) is 20.0. The average molecular weight is 390 g/mol.